The quantitative estimate of drug-likeness (QED) is 0.167. The fraction of sp³-hybridized carbons (Fsp3) is 0. The van der Waals surface area contributed by atoms with E-state index < -0.39 is 0 Å². The lowest BCUT2D eigenvalue weighted by molar-refractivity contribution is 0.669. The SMILES string of the molecule is c1ccc2c(c1)ccc1nc(-n3c4c5ccccc5ccc4c4c5ccccc5c5c6ccccc6sc5c43)nc(-c3ccc4c(c3)oc3ccccc34)c12. The van der Waals surface area contributed by atoms with Crippen molar-refractivity contribution in [3.05, 3.63) is 164 Å². The summed E-state index contributed by atoms with van der Waals surface area (Å²) in [4.78, 5) is 11.2. The molecule has 13 rings (SSSR count). The number of rotatable bonds is 2. The maximum Gasteiger partial charge on any atom is 0.235 e. The number of aromatic nitrogens is 3. The van der Waals surface area contributed by atoms with E-state index in [-0.39, 0.29) is 0 Å². The molecule has 0 radical (unpaired) electrons. The van der Waals surface area contributed by atoms with Crippen LogP contribution < -0.4 is 0 Å². The monoisotopic (exact) mass is 717 g/mol. The minimum atomic E-state index is 0.646. The molecular formula is C50H27N3OS. The Hall–Kier alpha value is -7.08. The van der Waals surface area contributed by atoms with Crippen molar-refractivity contribution in [1.29, 1.82) is 0 Å². The second-order valence-electron chi connectivity index (χ2n) is 14.5. The Balaban J connectivity index is 1.25. The Labute approximate surface area is 317 Å². The van der Waals surface area contributed by atoms with Gasteiger partial charge in [-0.25, -0.2) is 9.97 Å². The van der Waals surface area contributed by atoms with Crippen molar-refractivity contribution in [2.45, 2.75) is 0 Å². The van der Waals surface area contributed by atoms with Gasteiger partial charge in [0.15, 0.2) is 0 Å². The van der Waals surface area contributed by atoms with Crippen LogP contribution in [0.25, 0.3) is 124 Å². The van der Waals surface area contributed by atoms with Gasteiger partial charge in [0.2, 0.25) is 5.95 Å². The van der Waals surface area contributed by atoms with Crippen LogP contribution in [0.15, 0.2) is 168 Å². The molecule has 9 aromatic carbocycles. The third kappa shape index (κ3) is 3.94. The van der Waals surface area contributed by atoms with Gasteiger partial charge in [0, 0.05) is 53.4 Å². The second kappa shape index (κ2) is 10.8. The van der Waals surface area contributed by atoms with E-state index in [0.717, 1.165) is 65.9 Å². The van der Waals surface area contributed by atoms with Crippen molar-refractivity contribution in [1.82, 2.24) is 14.5 Å². The minimum absolute atomic E-state index is 0.646. The second-order valence-corrected chi connectivity index (χ2v) is 15.5. The highest BCUT2D eigenvalue weighted by molar-refractivity contribution is 7.27. The Morgan fingerprint density at radius 2 is 1.07 bits per heavy atom. The van der Waals surface area contributed by atoms with Crippen molar-refractivity contribution >= 4 is 118 Å². The molecule has 0 amide bonds. The molecule has 0 saturated heterocycles. The van der Waals surface area contributed by atoms with Crippen LogP contribution in [0.1, 0.15) is 0 Å². The topological polar surface area (TPSA) is 43.9 Å². The zero-order valence-corrected chi connectivity index (χ0v) is 30.1. The first kappa shape index (κ1) is 29.4. The van der Waals surface area contributed by atoms with Crippen LogP contribution in [-0.2, 0) is 0 Å². The molecule has 13 aromatic rings. The van der Waals surface area contributed by atoms with Gasteiger partial charge < -0.3 is 4.42 Å². The maximum atomic E-state index is 6.45. The van der Waals surface area contributed by atoms with Gasteiger partial charge in [-0.05, 0) is 57.3 Å². The Bertz CT molecular complexity index is 3790. The molecule has 0 bridgehead atoms. The summed E-state index contributed by atoms with van der Waals surface area (Å²) in [5, 5.41) is 15.3. The molecule has 0 spiro atoms. The van der Waals surface area contributed by atoms with Crippen molar-refractivity contribution < 1.29 is 4.42 Å². The van der Waals surface area contributed by atoms with Gasteiger partial charge in [0.05, 0.1) is 26.9 Å². The summed E-state index contributed by atoms with van der Waals surface area (Å²) in [5.74, 6) is 0.646. The molecule has 0 aliphatic rings. The minimum Gasteiger partial charge on any atom is -0.456 e. The lowest BCUT2D eigenvalue weighted by Gasteiger charge is -2.14. The van der Waals surface area contributed by atoms with Crippen LogP contribution in [0.3, 0.4) is 0 Å². The van der Waals surface area contributed by atoms with E-state index in [9.17, 15) is 0 Å². The van der Waals surface area contributed by atoms with Crippen LogP contribution in [-0.4, -0.2) is 14.5 Å². The third-order valence-electron chi connectivity index (χ3n) is 11.6. The molecule has 0 fully saturated rings. The van der Waals surface area contributed by atoms with Crippen LogP contribution in [0, 0.1) is 0 Å². The van der Waals surface area contributed by atoms with Gasteiger partial charge >= 0.3 is 0 Å². The first-order chi connectivity index (χ1) is 27.3. The zero-order chi connectivity index (χ0) is 35.8. The first-order valence-corrected chi connectivity index (χ1v) is 19.4. The summed E-state index contributed by atoms with van der Waals surface area (Å²) in [7, 11) is 0. The van der Waals surface area contributed by atoms with E-state index in [4.69, 9.17) is 14.4 Å². The number of fused-ring (bicyclic) bond motifs is 18. The molecule has 4 nitrogen and oxygen atoms in total. The molecule has 0 unspecified atom stereocenters. The zero-order valence-electron chi connectivity index (χ0n) is 29.2. The van der Waals surface area contributed by atoms with E-state index >= 15 is 0 Å². The number of nitrogens with zero attached hydrogens (tertiary/aromatic N) is 3. The van der Waals surface area contributed by atoms with Crippen LogP contribution in [0.2, 0.25) is 0 Å². The molecule has 5 heteroatoms. The van der Waals surface area contributed by atoms with Gasteiger partial charge in [0.25, 0.3) is 0 Å². The smallest absolute Gasteiger partial charge is 0.235 e. The van der Waals surface area contributed by atoms with Crippen LogP contribution in [0.5, 0.6) is 0 Å². The summed E-state index contributed by atoms with van der Waals surface area (Å²) < 4.78 is 11.3. The van der Waals surface area contributed by atoms with E-state index in [1.54, 1.807) is 0 Å². The number of benzene rings is 9. The van der Waals surface area contributed by atoms with Crippen LogP contribution in [0.4, 0.5) is 0 Å². The Morgan fingerprint density at radius 3 is 1.93 bits per heavy atom. The Morgan fingerprint density at radius 1 is 0.436 bits per heavy atom. The highest BCUT2D eigenvalue weighted by atomic mass is 32.1. The van der Waals surface area contributed by atoms with E-state index in [0.29, 0.717) is 5.95 Å². The van der Waals surface area contributed by atoms with E-state index in [2.05, 4.69) is 156 Å². The van der Waals surface area contributed by atoms with Crippen molar-refractivity contribution in [2.24, 2.45) is 0 Å². The standard InChI is InChI=1S/C50H27N3OS/c1-3-13-31-28(11-1)23-26-39-45(31)46(30-22-24-34-33-15-7-9-19-40(33)54-41(34)27-30)52-50(51-39)53-47-32-14-4-2-12-29(32)21-25-38(47)43-35-16-5-6-17-36(35)44-37-18-8-10-20-42(37)55-49(44)48(43)53/h1-27H. The van der Waals surface area contributed by atoms with Gasteiger partial charge in [-0.1, -0.05) is 133 Å². The van der Waals surface area contributed by atoms with Gasteiger partial charge in [0.1, 0.15) is 11.2 Å². The molecular weight excluding hydrogens is 691 g/mol. The predicted molar refractivity (Wildman–Crippen MR) is 232 cm³/mol. The first-order valence-electron chi connectivity index (χ1n) is 18.6. The summed E-state index contributed by atoms with van der Waals surface area (Å²) in [6, 6.07) is 58.6. The van der Waals surface area contributed by atoms with E-state index in [1.807, 2.05) is 23.5 Å². The third-order valence-corrected chi connectivity index (χ3v) is 12.7. The Kier molecular flexibility index (Phi) is 5.74. The van der Waals surface area contributed by atoms with Gasteiger partial charge in [-0.3, -0.25) is 4.57 Å². The van der Waals surface area contributed by atoms with Crippen molar-refractivity contribution in [3.8, 4) is 17.2 Å². The molecule has 0 saturated carbocycles. The maximum absolute atomic E-state index is 6.45. The van der Waals surface area contributed by atoms with Gasteiger partial charge in [-0.15, -0.1) is 11.3 Å². The molecule has 55 heavy (non-hydrogen) atoms. The van der Waals surface area contributed by atoms with E-state index in [1.165, 1.54) is 52.5 Å². The van der Waals surface area contributed by atoms with Crippen molar-refractivity contribution in [2.75, 3.05) is 0 Å². The summed E-state index contributed by atoms with van der Waals surface area (Å²) in [6.07, 6.45) is 0. The fourth-order valence-electron chi connectivity index (χ4n) is 9.21. The lowest BCUT2D eigenvalue weighted by atomic mass is 9.98. The van der Waals surface area contributed by atoms with Gasteiger partial charge in [-0.2, -0.15) is 0 Å². The number of hydrogen-bond donors (Lipinski definition) is 0. The molecule has 4 heterocycles. The number of hydrogen-bond acceptors (Lipinski definition) is 4. The summed E-state index contributed by atoms with van der Waals surface area (Å²) in [6.45, 7) is 0. The largest absolute Gasteiger partial charge is 0.456 e. The van der Waals surface area contributed by atoms with Crippen molar-refractivity contribution in [3.63, 3.8) is 0 Å². The average molecular weight is 718 g/mol. The number of para-hydroxylation sites is 1. The summed E-state index contributed by atoms with van der Waals surface area (Å²) >= 11 is 1.86. The average Bonchev–Trinajstić information content (AvgIpc) is 3.93. The molecule has 254 valence electrons. The highest BCUT2D eigenvalue weighted by Crippen LogP contribution is 2.49. The number of thiophene rings is 1. The number of furan rings is 1. The lowest BCUT2D eigenvalue weighted by Crippen LogP contribution is -2.04. The molecule has 0 N–H and O–H groups in total. The van der Waals surface area contributed by atoms with Crippen LogP contribution >= 0.6 is 11.3 Å². The molecule has 4 aromatic heterocycles. The normalized spacial score (nSPS) is 12.4. The molecule has 0 aliphatic heterocycles. The predicted octanol–water partition coefficient (Wildman–Crippen LogP) is 14.1. The molecule has 0 atom stereocenters. The highest BCUT2D eigenvalue weighted by Gasteiger charge is 2.25. The fourth-order valence-corrected chi connectivity index (χ4v) is 10.5. The molecule has 0 aliphatic carbocycles. The summed E-state index contributed by atoms with van der Waals surface area (Å²) in [5.41, 5.74) is 6.73.